The van der Waals surface area contributed by atoms with Gasteiger partial charge in [-0.25, -0.2) is 0 Å². The zero-order chi connectivity index (χ0) is 22.7. The van der Waals surface area contributed by atoms with Crippen LogP contribution in [0.4, 0.5) is 11.4 Å². The molecule has 0 saturated carbocycles. The molecule has 4 rings (SSSR count). The number of carbonyl (C=O) groups excluding carboxylic acids is 2. The Morgan fingerprint density at radius 1 is 1.09 bits per heavy atom. The standard InChI is InChI=1S/C23H26N4O5/c1-32-21(28)16-25-17-26(19-5-3-2-4-6-19)23(22(25)29)11-13-24(14-12-23)15-18-7-9-20(10-8-18)27(30)31/h2-10H,11-17H2,1H3. The summed E-state index contributed by atoms with van der Waals surface area (Å²) in [6.07, 6.45) is 1.26. The van der Waals surface area contributed by atoms with Gasteiger partial charge in [0.2, 0.25) is 0 Å². The number of methoxy groups -OCH3 is 1. The number of ether oxygens (including phenoxy) is 1. The fourth-order valence-corrected chi connectivity index (χ4v) is 4.61. The van der Waals surface area contributed by atoms with Gasteiger partial charge in [0.1, 0.15) is 12.1 Å². The smallest absolute Gasteiger partial charge is 0.325 e. The van der Waals surface area contributed by atoms with Crippen molar-refractivity contribution in [2.75, 3.05) is 38.3 Å². The SMILES string of the molecule is COC(=O)CN1CN(c2ccccc2)C2(CCN(Cc3ccc([N+](=O)[O-])cc3)CC2)C1=O. The molecule has 1 amide bonds. The van der Waals surface area contributed by atoms with Gasteiger partial charge in [0.15, 0.2) is 0 Å². The van der Waals surface area contributed by atoms with E-state index in [1.165, 1.54) is 19.2 Å². The molecule has 168 valence electrons. The van der Waals surface area contributed by atoms with E-state index < -0.39 is 16.4 Å². The summed E-state index contributed by atoms with van der Waals surface area (Å²) < 4.78 is 4.78. The second-order valence-corrected chi connectivity index (χ2v) is 8.22. The molecule has 2 aromatic carbocycles. The molecule has 0 atom stereocenters. The molecule has 0 N–H and O–H groups in total. The molecule has 32 heavy (non-hydrogen) atoms. The van der Waals surface area contributed by atoms with Crippen molar-refractivity contribution in [2.45, 2.75) is 24.9 Å². The Bertz CT molecular complexity index is 987. The average Bonchev–Trinajstić information content (AvgIpc) is 3.07. The number of benzene rings is 2. The predicted octanol–water partition coefficient (Wildman–Crippen LogP) is 2.41. The Labute approximate surface area is 186 Å². The summed E-state index contributed by atoms with van der Waals surface area (Å²) in [6, 6.07) is 16.4. The minimum absolute atomic E-state index is 0.0401. The van der Waals surface area contributed by atoms with Crippen molar-refractivity contribution in [3.8, 4) is 0 Å². The highest BCUT2D eigenvalue weighted by atomic mass is 16.6. The zero-order valence-corrected chi connectivity index (χ0v) is 18.0. The topological polar surface area (TPSA) is 96.2 Å². The predicted molar refractivity (Wildman–Crippen MR) is 118 cm³/mol. The number of piperidine rings is 1. The van der Waals surface area contributed by atoms with Gasteiger partial charge in [-0.3, -0.25) is 24.6 Å². The third kappa shape index (κ3) is 4.16. The van der Waals surface area contributed by atoms with E-state index in [0.29, 0.717) is 39.1 Å². The molecule has 0 aliphatic carbocycles. The van der Waals surface area contributed by atoms with Crippen LogP contribution in [0.5, 0.6) is 0 Å². The Hall–Kier alpha value is -3.46. The van der Waals surface area contributed by atoms with E-state index in [1.807, 2.05) is 30.3 Å². The lowest BCUT2D eigenvalue weighted by atomic mass is 9.85. The van der Waals surface area contributed by atoms with E-state index in [0.717, 1.165) is 11.3 Å². The highest BCUT2D eigenvalue weighted by Crippen LogP contribution is 2.39. The van der Waals surface area contributed by atoms with Crippen LogP contribution in [0.2, 0.25) is 0 Å². The Balaban J connectivity index is 1.50. The van der Waals surface area contributed by atoms with E-state index in [1.54, 1.807) is 17.0 Å². The molecule has 0 bridgehead atoms. The molecule has 0 radical (unpaired) electrons. The number of nitrogens with zero attached hydrogens (tertiary/aromatic N) is 4. The van der Waals surface area contributed by atoms with Crippen molar-refractivity contribution >= 4 is 23.3 Å². The minimum Gasteiger partial charge on any atom is -0.468 e. The highest BCUT2D eigenvalue weighted by molar-refractivity contribution is 5.95. The molecule has 2 heterocycles. The third-order valence-corrected chi connectivity index (χ3v) is 6.37. The largest absolute Gasteiger partial charge is 0.468 e. The first-order valence-electron chi connectivity index (χ1n) is 10.6. The average molecular weight is 438 g/mol. The van der Waals surface area contributed by atoms with Crippen molar-refractivity contribution in [3.05, 3.63) is 70.3 Å². The van der Waals surface area contributed by atoms with Gasteiger partial charge in [0, 0.05) is 37.5 Å². The van der Waals surface area contributed by atoms with E-state index in [-0.39, 0.29) is 18.1 Å². The number of anilines is 1. The number of carbonyl (C=O) groups is 2. The van der Waals surface area contributed by atoms with Gasteiger partial charge < -0.3 is 14.5 Å². The fourth-order valence-electron chi connectivity index (χ4n) is 4.61. The van der Waals surface area contributed by atoms with Crippen LogP contribution in [0.25, 0.3) is 0 Å². The number of non-ortho nitro benzene ring substituents is 1. The van der Waals surface area contributed by atoms with Crippen LogP contribution in [0.15, 0.2) is 54.6 Å². The molecule has 2 aliphatic rings. The normalized spacial score (nSPS) is 18.2. The van der Waals surface area contributed by atoms with Gasteiger partial charge >= 0.3 is 5.97 Å². The fraction of sp³-hybridized carbons (Fsp3) is 0.391. The van der Waals surface area contributed by atoms with Crippen molar-refractivity contribution in [1.82, 2.24) is 9.80 Å². The monoisotopic (exact) mass is 438 g/mol. The molecule has 2 aromatic rings. The number of amides is 1. The second-order valence-electron chi connectivity index (χ2n) is 8.22. The molecule has 0 unspecified atom stereocenters. The van der Waals surface area contributed by atoms with Gasteiger partial charge in [-0.2, -0.15) is 0 Å². The molecule has 9 heteroatoms. The van der Waals surface area contributed by atoms with E-state index in [4.69, 9.17) is 4.74 Å². The van der Waals surface area contributed by atoms with Crippen molar-refractivity contribution in [3.63, 3.8) is 0 Å². The number of para-hydroxylation sites is 1. The first-order valence-corrected chi connectivity index (χ1v) is 10.6. The number of esters is 1. The van der Waals surface area contributed by atoms with E-state index in [2.05, 4.69) is 9.80 Å². The number of hydrogen-bond acceptors (Lipinski definition) is 7. The van der Waals surface area contributed by atoms with Gasteiger partial charge in [0.25, 0.3) is 11.6 Å². The van der Waals surface area contributed by atoms with Crippen LogP contribution in [-0.2, 0) is 20.9 Å². The summed E-state index contributed by atoms with van der Waals surface area (Å²) in [6.45, 7) is 2.36. The minimum atomic E-state index is -0.693. The number of rotatable bonds is 6. The lowest BCUT2D eigenvalue weighted by Gasteiger charge is -2.43. The lowest BCUT2D eigenvalue weighted by molar-refractivity contribution is -0.384. The summed E-state index contributed by atoms with van der Waals surface area (Å²) in [5.41, 5.74) is 1.34. The highest BCUT2D eigenvalue weighted by Gasteiger charge is 2.54. The van der Waals surface area contributed by atoms with Crippen LogP contribution in [0, 0.1) is 10.1 Å². The maximum Gasteiger partial charge on any atom is 0.325 e. The van der Waals surface area contributed by atoms with Crippen LogP contribution in [0.3, 0.4) is 0 Å². The van der Waals surface area contributed by atoms with Gasteiger partial charge in [-0.05, 0) is 30.5 Å². The molecule has 2 fully saturated rings. The quantitative estimate of drug-likeness (QED) is 0.388. The summed E-state index contributed by atoms with van der Waals surface area (Å²) >= 11 is 0. The summed E-state index contributed by atoms with van der Waals surface area (Å²) in [7, 11) is 1.32. The Morgan fingerprint density at radius 2 is 1.75 bits per heavy atom. The van der Waals surface area contributed by atoms with Gasteiger partial charge in [-0.15, -0.1) is 0 Å². The van der Waals surface area contributed by atoms with Crippen LogP contribution in [-0.4, -0.2) is 65.6 Å². The van der Waals surface area contributed by atoms with Crippen LogP contribution in [0.1, 0.15) is 18.4 Å². The van der Waals surface area contributed by atoms with Gasteiger partial charge in [0.05, 0.1) is 18.7 Å². The first kappa shape index (κ1) is 21.8. The molecule has 0 aromatic heterocycles. The van der Waals surface area contributed by atoms with Crippen LogP contribution < -0.4 is 4.90 Å². The summed E-state index contributed by atoms with van der Waals surface area (Å²) in [4.78, 5) is 41.7. The van der Waals surface area contributed by atoms with Gasteiger partial charge in [-0.1, -0.05) is 30.3 Å². The van der Waals surface area contributed by atoms with E-state index >= 15 is 0 Å². The van der Waals surface area contributed by atoms with Crippen molar-refractivity contribution in [2.24, 2.45) is 0 Å². The molecule has 2 aliphatic heterocycles. The number of hydrogen-bond donors (Lipinski definition) is 0. The third-order valence-electron chi connectivity index (χ3n) is 6.37. The Kier molecular flexibility index (Phi) is 6.09. The summed E-state index contributed by atoms with van der Waals surface area (Å²) in [5, 5.41) is 10.9. The number of likely N-dealkylation sites (tertiary alicyclic amines) is 1. The maximum absolute atomic E-state index is 13.5. The summed E-state index contributed by atoms with van der Waals surface area (Å²) in [5.74, 6) is -0.472. The van der Waals surface area contributed by atoms with E-state index in [9.17, 15) is 19.7 Å². The van der Waals surface area contributed by atoms with Crippen molar-refractivity contribution in [1.29, 1.82) is 0 Å². The number of nitro benzene ring substituents is 1. The Morgan fingerprint density at radius 3 is 2.34 bits per heavy atom. The first-order chi connectivity index (χ1) is 15.4. The molecule has 1 spiro atoms. The zero-order valence-electron chi connectivity index (χ0n) is 18.0. The molecule has 9 nitrogen and oxygen atoms in total. The second kappa shape index (κ2) is 8.96. The lowest BCUT2D eigenvalue weighted by Crippen LogP contribution is -2.56. The van der Waals surface area contributed by atoms with Crippen molar-refractivity contribution < 1.29 is 19.2 Å². The molecular weight excluding hydrogens is 412 g/mol. The molecular formula is C23H26N4O5. The molecule has 2 saturated heterocycles. The maximum atomic E-state index is 13.5. The number of nitro groups is 1. The van der Waals surface area contributed by atoms with Crippen LogP contribution >= 0.6 is 0 Å².